The predicted molar refractivity (Wildman–Crippen MR) is 100 cm³/mol. The Balaban J connectivity index is 1.97. The molecule has 1 saturated heterocycles. The number of ketones is 1. The van der Waals surface area contributed by atoms with E-state index in [1.165, 1.54) is 7.11 Å². The number of allylic oxidation sites excluding steroid dienone is 2. The summed E-state index contributed by atoms with van der Waals surface area (Å²) in [4.78, 5) is 40.4. The highest BCUT2D eigenvalue weighted by atomic mass is 16.5. The second-order valence-electron chi connectivity index (χ2n) is 7.00. The zero-order chi connectivity index (χ0) is 19.8. The number of piperazine rings is 1. The van der Waals surface area contributed by atoms with Gasteiger partial charge in [-0.2, -0.15) is 0 Å². The number of hydrogen-bond acceptors (Lipinski definition) is 6. The SMILES string of the molecule is COC(=O)C1=C2C(=O)NCCN2C2=C(C(=O)CCC2)[C@H]1c1ccc(OC)cc1. The Morgan fingerprint density at radius 1 is 1.14 bits per heavy atom. The lowest BCUT2D eigenvalue weighted by Crippen LogP contribution is -2.50. The molecule has 1 aromatic rings. The van der Waals surface area contributed by atoms with Crippen LogP contribution in [-0.4, -0.2) is 49.9 Å². The number of benzene rings is 1. The first-order valence-corrected chi connectivity index (χ1v) is 9.35. The number of nitrogens with one attached hydrogen (secondary N) is 1. The number of hydrogen-bond donors (Lipinski definition) is 1. The summed E-state index contributed by atoms with van der Waals surface area (Å²) in [6.45, 7) is 0.998. The molecule has 0 spiro atoms. The van der Waals surface area contributed by atoms with Gasteiger partial charge in [-0.1, -0.05) is 12.1 Å². The van der Waals surface area contributed by atoms with Crippen LogP contribution in [-0.2, 0) is 19.1 Å². The maximum absolute atomic E-state index is 13.0. The van der Waals surface area contributed by atoms with Crippen molar-refractivity contribution in [2.24, 2.45) is 0 Å². The largest absolute Gasteiger partial charge is 0.497 e. The monoisotopic (exact) mass is 382 g/mol. The maximum atomic E-state index is 13.0. The van der Waals surface area contributed by atoms with Gasteiger partial charge in [-0.15, -0.1) is 0 Å². The van der Waals surface area contributed by atoms with Crippen LogP contribution >= 0.6 is 0 Å². The Labute approximate surface area is 163 Å². The molecule has 0 radical (unpaired) electrons. The van der Waals surface area contributed by atoms with Gasteiger partial charge in [0.1, 0.15) is 11.4 Å². The van der Waals surface area contributed by atoms with Crippen LogP contribution in [0.5, 0.6) is 5.75 Å². The number of esters is 1. The van der Waals surface area contributed by atoms with Crippen molar-refractivity contribution < 1.29 is 23.9 Å². The van der Waals surface area contributed by atoms with Gasteiger partial charge in [0.05, 0.1) is 19.8 Å². The number of carbonyl (C=O) groups is 3. The van der Waals surface area contributed by atoms with Crippen molar-refractivity contribution in [1.82, 2.24) is 10.2 Å². The van der Waals surface area contributed by atoms with Crippen LogP contribution in [0.2, 0.25) is 0 Å². The van der Waals surface area contributed by atoms with Crippen LogP contribution in [0.15, 0.2) is 46.8 Å². The lowest BCUT2D eigenvalue weighted by molar-refractivity contribution is -0.137. The average molecular weight is 382 g/mol. The third kappa shape index (κ3) is 2.78. The summed E-state index contributed by atoms with van der Waals surface area (Å²) in [7, 11) is 2.87. The molecule has 0 unspecified atom stereocenters. The molecular weight excluding hydrogens is 360 g/mol. The van der Waals surface area contributed by atoms with E-state index in [0.717, 1.165) is 17.7 Å². The Hall–Kier alpha value is -3.09. The van der Waals surface area contributed by atoms with Crippen molar-refractivity contribution in [3.8, 4) is 5.75 Å². The van der Waals surface area contributed by atoms with Crippen molar-refractivity contribution in [3.05, 3.63) is 52.4 Å². The maximum Gasteiger partial charge on any atom is 0.337 e. The van der Waals surface area contributed by atoms with Gasteiger partial charge in [0, 0.05) is 36.7 Å². The molecule has 1 aromatic carbocycles. The van der Waals surface area contributed by atoms with E-state index in [1.54, 1.807) is 19.2 Å². The first kappa shape index (κ1) is 18.3. The minimum Gasteiger partial charge on any atom is -0.497 e. The normalized spacial score (nSPS) is 21.8. The van der Waals surface area contributed by atoms with E-state index < -0.39 is 11.9 Å². The molecule has 1 atom stereocenters. The molecular formula is C21H22N2O5. The number of amides is 1. The van der Waals surface area contributed by atoms with Crippen molar-refractivity contribution in [2.45, 2.75) is 25.2 Å². The lowest BCUT2D eigenvalue weighted by atomic mass is 9.74. The van der Waals surface area contributed by atoms with Gasteiger partial charge in [0.2, 0.25) is 0 Å². The summed E-state index contributed by atoms with van der Waals surface area (Å²) in [6, 6.07) is 7.23. The Morgan fingerprint density at radius 3 is 2.57 bits per heavy atom. The van der Waals surface area contributed by atoms with Crippen molar-refractivity contribution in [1.29, 1.82) is 0 Å². The number of fused-ring (bicyclic) bond motifs is 2. The highest BCUT2D eigenvalue weighted by Gasteiger charge is 2.45. The van der Waals surface area contributed by atoms with E-state index in [0.29, 0.717) is 43.0 Å². The van der Waals surface area contributed by atoms with Crippen molar-refractivity contribution in [2.75, 3.05) is 27.3 Å². The van der Waals surface area contributed by atoms with Gasteiger partial charge in [-0.25, -0.2) is 4.79 Å². The molecule has 1 N–H and O–H groups in total. The fourth-order valence-electron chi connectivity index (χ4n) is 4.33. The summed E-state index contributed by atoms with van der Waals surface area (Å²) in [6.07, 6.45) is 1.89. The summed E-state index contributed by atoms with van der Waals surface area (Å²) in [5, 5.41) is 2.81. The molecule has 1 amide bonds. The van der Waals surface area contributed by atoms with Crippen LogP contribution < -0.4 is 10.1 Å². The summed E-state index contributed by atoms with van der Waals surface area (Å²) >= 11 is 0. The van der Waals surface area contributed by atoms with E-state index in [9.17, 15) is 14.4 Å². The molecule has 4 rings (SSSR count). The summed E-state index contributed by atoms with van der Waals surface area (Å²) in [5.74, 6) is -0.838. The molecule has 7 heteroatoms. The molecule has 146 valence electrons. The number of ether oxygens (including phenoxy) is 2. The molecule has 2 aliphatic heterocycles. The summed E-state index contributed by atoms with van der Waals surface area (Å²) in [5.41, 5.74) is 2.74. The molecule has 1 fully saturated rings. The molecule has 0 bridgehead atoms. The molecule has 28 heavy (non-hydrogen) atoms. The third-order valence-corrected chi connectivity index (χ3v) is 5.55. The minimum atomic E-state index is -0.628. The quantitative estimate of drug-likeness (QED) is 0.801. The molecule has 7 nitrogen and oxygen atoms in total. The second-order valence-corrected chi connectivity index (χ2v) is 7.00. The molecule has 0 saturated carbocycles. The van der Waals surface area contributed by atoms with Crippen LogP contribution in [0.1, 0.15) is 30.7 Å². The Bertz CT molecular complexity index is 913. The predicted octanol–water partition coefficient (Wildman–Crippen LogP) is 1.66. The zero-order valence-electron chi connectivity index (χ0n) is 15.9. The second kappa shape index (κ2) is 7.14. The molecule has 3 aliphatic rings. The molecule has 0 aromatic heterocycles. The number of Topliss-reactive ketones (excluding diaryl/α,β-unsaturated/α-hetero) is 1. The van der Waals surface area contributed by atoms with Gasteiger partial charge < -0.3 is 19.7 Å². The Kier molecular flexibility index (Phi) is 4.66. The van der Waals surface area contributed by atoms with Gasteiger partial charge >= 0.3 is 5.97 Å². The van der Waals surface area contributed by atoms with Gasteiger partial charge in [-0.05, 0) is 30.5 Å². The van der Waals surface area contributed by atoms with Gasteiger partial charge in [-0.3, -0.25) is 9.59 Å². The standard InChI is InChI=1S/C21H22N2O5/c1-27-13-8-6-12(7-9-13)16-17-14(4-3-5-15(17)24)23-11-10-22-20(25)19(23)18(16)21(26)28-2/h6-9,16H,3-5,10-11H2,1-2H3,(H,22,25)/t16-/m1/s1. The third-order valence-electron chi connectivity index (χ3n) is 5.55. The van der Waals surface area contributed by atoms with E-state index in [1.807, 2.05) is 17.0 Å². The highest BCUT2D eigenvalue weighted by Crippen LogP contribution is 2.46. The van der Waals surface area contributed by atoms with E-state index in [-0.39, 0.29) is 17.3 Å². The molecule has 1 aliphatic carbocycles. The molecule has 2 heterocycles. The van der Waals surface area contributed by atoms with Crippen LogP contribution in [0.25, 0.3) is 0 Å². The van der Waals surface area contributed by atoms with E-state index in [4.69, 9.17) is 9.47 Å². The number of rotatable bonds is 3. The van der Waals surface area contributed by atoms with Crippen LogP contribution in [0.3, 0.4) is 0 Å². The minimum absolute atomic E-state index is 0.0218. The first-order chi connectivity index (χ1) is 13.6. The van der Waals surface area contributed by atoms with E-state index >= 15 is 0 Å². The first-order valence-electron chi connectivity index (χ1n) is 9.35. The number of carbonyl (C=O) groups excluding carboxylic acids is 3. The average Bonchev–Trinajstić information content (AvgIpc) is 2.73. The van der Waals surface area contributed by atoms with Crippen molar-refractivity contribution in [3.63, 3.8) is 0 Å². The zero-order valence-corrected chi connectivity index (χ0v) is 15.9. The van der Waals surface area contributed by atoms with Crippen LogP contribution in [0, 0.1) is 0 Å². The fourth-order valence-corrected chi connectivity index (χ4v) is 4.33. The van der Waals surface area contributed by atoms with Gasteiger partial charge in [0.15, 0.2) is 5.78 Å². The highest BCUT2D eigenvalue weighted by molar-refractivity contribution is 6.09. The van der Waals surface area contributed by atoms with Crippen LogP contribution in [0.4, 0.5) is 0 Å². The smallest absolute Gasteiger partial charge is 0.337 e. The summed E-state index contributed by atoms with van der Waals surface area (Å²) < 4.78 is 10.3. The fraction of sp³-hybridized carbons (Fsp3) is 0.381. The number of nitrogens with zero attached hydrogens (tertiary/aromatic N) is 1. The van der Waals surface area contributed by atoms with Crippen molar-refractivity contribution >= 4 is 17.7 Å². The number of methoxy groups -OCH3 is 2. The van der Waals surface area contributed by atoms with Gasteiger partial charge in [0.25, 0.3) is 5.91 Å². The lowest BCUT2D eigenvalue weighted by Gasteiger charge is -2.43. The Morgan fingerprint density at radius 2 is 1.89 bits per heavy atom. The van der Waals surface area contributed by atoms with E-state index in [2.05, 4.69) is 5.32 Å². The topological polar surface area (TPSA) is 84.9 Å².